The van der Waals surface area contributed by atoms with Gasteiger partial charge in [0.05, 0.1) is 6.54 Å². The van der Waals surface area contributed by atoms with Crippen molar-refractivity contribution in [1.29, 1.82) is 0 Å². The highest BCUT2D eigenvalue weighted by Crippen LogP contribution is 2.18. The Balaban J connectivity index is 1.75. The molecule has 0 aliphatic carbocycles. The van der Waals surface area contributed by atoms with Crippen LogP contribution in [0.2, 0.25) is 10.0 Å². The van der Waals surface area contributed by atoms with Gasteiger partial charge < -0.3 is 14.8 Å². The Morgan fingerprint density at radius 1 is 1.03 bits per heavy atom. The van der Waals surface area contributed by atoms with Crippen LogP contribution in [-0.2, 0) is 13.1 Å². The highest BCUT2D eigenvalue weighted by molar-refractivity contribution is 6.31. The molecule has 3 rings (SSSR count). The third-order valence-electron chi connectivity index (χ3n) is 4.47. The van der Waals surface area contributed by atoms with Gasteiger partial charge in [0.2, 0.25) is 0 Å². The molecule has 0 saturated carbocycles. The number of nitrogens with zero attached hydrogens (tertiary/aromatic N) is 2. The summed E-state index contributed by atoms with van der Waals surface area (Å²) in [6.45, 7) is 6.07. The molecule has 0 saturated heterocycles. The second-order valence-electron chi connectivity index (χ2n) is 7.47. The van der Waals surface area contributed by atoms with Crippen LogP contribution >= 0.6 is 23.2 Å². The Morgan fingerprint density at radius 2 is 1.76 bits per heavy atom. The summed E-state index contributed by atoms with van der Waals surface area (Å²) in [6.07, 6.45) is 2.03. The third kappa shape index (κ3) is 6.28. The molecule has 0 bridgehead atoms. The molecule has 4 nitrogen and oxygen atoms in total. The second kappa shape index (κ2) is 9.86. The lowest BCUT2D eigenvalue weighted by Crippen LogP contribution is -2.37. The molecule has 0 spiro atoms. The summed E-state index contributed by atoms with van der Waals surface area (Å²) in [4.78, 5) is 14.8. The molecule has 0 atom stereocenters. The van der Waals surface area contributed by atoms with E-state index in [0.717, 1.165) is 16.3 Å². The van der Waals surface area contributed by atoms with Gasteiger partial charge in [-0.1, -0.05) is 55.2 Å². The van der Waals surface area contributed by atoms with Gasteiger partial charge in [0.25, 0.3) is 0 Å². The van der Waals surface area contributed by atoms with Gasteiger partial charge >= 0.3 is 6.03 Å². The molecule has 0 fully saturated rings. The van der Waals surface area contributed by atoms with Gasteiger partial charge in [0.15, 0.2) is 0 Å². The van der Waals surface area contributed by atoms with Crippen molar-refractivity contribution in [1.82, 2.24) is 9.47 Å². The minimum absolute atomic E-state index is 0.142. The third-order valence-corrected chi connectivity index (χ3v) is 4.94. The molecule has 0 radical (unpaired) electrons. The molecule has 0 aliphatic rings. The van der Waals surface area contributed by atoms with Crippen LogP contribution in [0.4, 0.5) is 10.5 Å². The molecule has 1 aromatic heterocycles. The molecule has 3 aromatic rings. The zero-order valence-corrected chi connectivity index (χ0v) is 18.1. The summed E-state index contributed by atoms with van der Waals surface area (Å²) in [6, 6.07) is 18.9. The van der Waals surface area contributed by atoms with Gasteiger partial charge in [-0.15, -0.1) is 0 Å². The van der Waals surface area contributed by atoms with E-state index in [-0.39, 0.29) is 6.03 Å². The number of hydrogen-bond acceptors (Lipinski definition) is 1. The number of halogens is 2. The van der Waals surface area contributed by atoms with Crippen molar-refractivity contribution in [2.75, 3.05) is 11.9 Å². The minimum Gasteiger partial charge on any atom is -0.345 e. The quantitative estimate of drug-likeness (QED) is 0.455. The van der Waals surface area contributed by atoms with Crippen LogP contribution in [0.3, 0.4) is 0 Å². The molecule has 0 unspecified atom stereocenters. The van der Waals surface area contributed by atoms with Crippen molar-refractivity contribution in [3.05, 3.63) is 88.2 Å². The van der Waals surface area contributed by atoms with Crippen molar-refractivity contribution in [3.8, 4) is 0 Å². The number of urea groups is 1. The van der Waals surface area contributed by atoms with Crippen molar-refractivity contribution < 1.29 is 4.79 Å². The fraction of sp³-hybridized carbons (Fsp3) is 0.261. The van der Waals surface area contributed by atoms with Gasteiger partial charge in [-0.05, 0) is 53.9 Å². The first kappa shape index (κ1) is 21.3. The smallest absolute Gasteiger partial charge is 0.322 e. The number of anilines is 1. The summed E-state index contributed by atoms with van der Waals surface area (Å²) in [5.41, 5.74) is 2.87. The van der Waals surface area contributed by atoms with E-state index in [1.54, 1.807) is 12.1 Å². The molecule has 2 aromatic carbocycles. The minimum atomic E-state index is -0.142. The predicted molar refractivity (Wildman–Crippen MR) is 121 cm³/mol. The van der Waals surface area contributed by atoms with Crippen LogP contribution in [0.5, 0.6) is 0 Å². The van der Waals surface area contributed by atoms with Crippen molar-refractivity contribution in [3.63, 3.8) is 0 Å². The van der Waals surface area contributed by atoms with Crippen molar-refractivity contribution in [2.45, 2.75) is 26.9 Å². The van der Waals surface area contributed by atoms with Gasteiger partial charge in [0.1, 0.15) is 0 Å². The number of carbonyl (C=O) groups is 1. The maximum absolute atomic E-state index is 12.9. The topological polar surface area (TPSA) is 37.3 Å². The van der Waals surface area contributed by atoms with Gasteiger partial charge in [-0.2, -0.15) is 0 Å². The van der Waals surface area contributed by atoms with E-state index in [4.69, 9.17) is 23.2 Å². The zero-order valence-electron chi connectivity index (χ0n) is 16.6. The molecule has 0 aliphatic heterocycles. The maximum Gasteiger partial charge on any atom is 0.322 e. The molecule has 2 amide bonds. The lowest BCUT2D eigenvalue weighted by molar-refractivity contribution is 0.200. The average molecular weight is 430 g/mol. The monoisotopic (exact) mass is 429 g/mol. The SMILES string of the molecule is CC(C)CN(Cc1cccn1Cc1cccc(Cl)c1)C(=O)Nc1cccc(Cl)c1. The molecule has 29 heavy (non-hydrogen) atoms. The summed E-state index contributed by atoms with van der Waals surface area (Å²) in [5.74, 6) is 0.344. The number of benzene rings is 2. The Kier molecular flexibility index (Phi) is 7.24. The van der Waals surface area contributed by atoms with Crippen LogP contribution < -0.4 is 5.32 Å². The Hall–Kier alpha value is -2.43. The van der Waals surface area contributed by atoms with Gasteiger partial charge in [0, 0.05) is 40.7 Å². The number of carbonyl (C=O) groups excluding carboxylic acids is 1. The first-order chi connectivity index (χ1) is 13.9. The van der Waals surface area contributed by atoms with Crippen molar-refractivity contribution in [2.24, 2.45) is 5.92 Å². The first-order valence-electron chi connectivity index (χ1n) is 9.60. The number of hydrogen-bond donors (Lipinski definition) is 1. The number of rotatable bonds is 7. The van der Waals surface area contributed by atoms with E-state index >= 15 is 0 Å². The summed E-state index contributed by atoms with van der Waals surface area (Å²) in [5, 5.41) is 4.27. The maximum atomic E-state index is 12.9. The normalized spacial score (nSPS) is 10.9. The largest absolute Gasteiger partial charge is 0.345 e. The van der Waals surface area contributed by atoms with E-state index in [0.29, 0.717) is 36.3 Å². The van der Waals surface area contributed by atoms with Crippen LogP contribution in [0, 0.1) is 5.92 Å². The highest BCUT2D eigenvalue weighted by Gasteiger charge is 2.17. The highest BCUT2D eigenvalue weighted by atomic mass is 35.5. The van der Waals surface area contributed by atoms with E-state index in [2.05, 4.69) is 23.7 Å². The van der Waals surface area contributed by atoms with E-state index in [1.165, 1.54) is 0 Å². The fourth-order valence-corrected chi connectivity index (χ4v) is 3.61. The molecule has 152 valence electrons. The summed E-state index contributed by atoms with van der Waals surface area (Å²) < 4.78 is 2.14. The van der Waals surface area contributed by atoms with Crippen LogP contribution in [0.15, 0.2) is 66.9 Å². The van der Waals surface area contributed by atoms with Crippen LogP contribution in [0.25, 0.3) is 0 Å². The van der Waals surface area contributed by atoms with E-state index < -0.39 is 0 Å². The molecular formula is C23H25Cl2N3O. The number of aromatic nitrogens is 1. The summed E-state index contributed by atoms with van der Waals surface area (Å²) in [7, 11) is 0. The van der Waals surface area contributed by atoms with Gasteiger partial charge in [-0.3, -0.25) is 0 Å². The average Bonchev–Trinajstić information content (AvgIpc) is 3.07. The van der Waals surface area contributed by atoms with Crippen LogP contribution in [0.1, 0.15) is 25.1 Å². The van der Waals surface area contributed by atoms with Crippen LogP contribution in [-0.4, -0.2) is 22.0 Å². The molecule has 1 N–H and O–H groups in total. The van der Waals surface area contributed by atoms with E-state index in [9.17, 15) is 4.79 Å². The zero-order chi connectivity index (χ0) is 20.8. The molecular weight excluding hydrogens is 405 g/mol. The Morgan fingerprint density at radius 3 is 2.45 bits per heavy atom. The Labute approximate surface area is 182 Å². The summed E-state index contributed by atoms with van der Waals surface area (Å²) >= 11 is 12.2. The Bertz CT molecular complexity index is 968. The molecule has 1 heterocycles. The second-order valence-corrected chi connectivity index (χ2v) is 8.35. The van der Waals surface area contributed by atoms with Crippen molar-refractivity contribution >= 4 is 34.9 Å². The molecule has 6 heteroatoms. The lowest BCUT2D eigenvalue weighted by atomic mass is 10.2. The fourth-order valence-electron chi connectivity index (χ4n) is 3.20. The number of nitrogens with one attached hydrogen (secondary N) is 1. The lowest BCUT2D eigenvalue weighted by Gasteiger charge is -2.26. The standard InChI is InChI=1S/C23H25Cl2N3O/c1-17(2)14-28(23(29)26-21-9-4-8-20(25)13-21)16-22-10-5-11-27(22)15-18-6-3-7-19(24)12-18/h3-13,17H,14-16H2,1-2H3,(H,26,29). The first-order valence-corrected chi connectivity index (χ1v) is 10.4. The van der Waals surface area contributed by atoms with Gasteiger partial charge in [-0.25, -0.2) is 4.79 Å². The number of amides is 2. The predicted octanol–water partition coefficient (Wildman–Crippen LogP) is 6.53. The van der Waals surface area contributed by atoms with E-state index in [1.807, 2.05) is 59.6 Å².